The van der Waals surface area contributed by atoms with Crippen LogP contribution in [0.1, 0.15) is 18.1 Å². The molecule has 0 aliphatic rings. The molecule has 6 heteroatoms. The summed E-state index contributed by atoms with van der Waals surface area (Å²) in [5.74, 6) is 0.258. The number of phenols is 1. The minimum atomic E-state index is -0.201. The zero-order chi connectivity index (χ0) is 16.7. The molecule has 0 radical (unpaired) electrons. The third-order valence-corrected chi connectivity index (χ3v) is 3.49. The number of nitrogens with one attached hydrogen (secondary N) is 1. The summed E-state index contributed by atoms with van der Waals surface area (Å²) >= 11 is 3.35. The first-order chi connectivity index (χ1) is 11.1. The number of hydrogen-bond donors (Lipinski definition) is 2. The summed E-state index contributed by atoms with van der Waals surface area (Å²) in [5.41, 5.74) is 4.10. The third kappa shape index (κ3) is 5.41. The number of amides is 1. The van der Waals surface area contributed by atoms with Crippen molar-refractivity contribution in [2.45, 2.75) is 13.3 Å². The van der Waals surface area contributed by atoms with Crippen LogP contribution in [-0.2, 0) is 11.2 Å². The second-order valence-corrected chi connectivity index (χ2v) is 5.67. The summed E-state index contributed by atoms with van der Waals surface area (Å²) in [5, 5.41) is 13.5. The van der Waals surface area contributed by atoms with Crippen molar-refractivity contribution in [3.05, 3.63) is 58.1 Å². The number of aromatic hydroxyl groups is 1. The smallest absolute Gasteiger partial charge is 0.244 e. The molecule has 2 N–H and O–H groups in total. The summed E-state index contributed by atoms with van der Waals surface area (Å²) in [4.78, 5) is 11.8. The van der Waals surface area contributed by atoms with Gasteiger partial charge in [0.1, 0.15) is 0 Å². The summed E-state index contributed by atoms with van der Waals surface area (Å²) in [6.07, 6.45) is 1.76. The van der Waals surface area contributed by atoms with Gasteiger partial charge in [0.15, 0.2) is 11.5 Å². The van der Waals surface area contributed by atoms with Gasteiger partial charge in [0.2, 0.25) is 5.91 Å². The van der Waals surface area contributed by atoms with E-state index in [4.69, 9.17) is 4.74 Å². The summed E-state index contributed by atoms with van der Waals surface area (Å²) < 4.78 is 6.26. The number of nitrogens with zero attached hydrogens (tertiary/aromatic N) is 1. The minimum absolute atomic E-state index is 0.0725. The van der Waals surface area contributed by atoms with Gasteiger partial charge >= 0.3 is 0 Å². The van der Waals surface area contributed by atoms with Crippen molar-refractivity contribution in [3.8, 4) is 11.5 Å². The van der Waals surface area contributed by atoms with Gasteiger partial charge in [0.05, 0.1) is 19.2 Å². The van der Waals surface area contributed by atoms with Crippen LogP contribution >= 0.6 is 15.9 Å². The molecular weight excluding hydrogens is 360 g/mol. The Bertz CT molecular complexity index is 699. The number of carbonyl (C=O) groups is 1. The van der Waals surface area contributed by atoms with Crippen molar-refractivity contribution in [2.24, 2.45) is 5.10 Å². The maximum Gasteiger partial charge on any atom is 0.244 e. The Morgan fingerprint density at radius 3 is 2.74 bits per heavy atom. The molecule has 2 rings (SSSR count). The molecule has 0 aromatic heterocycles. The second-order valence-electron chi connectivity index (χ2n) is 4.76. The normalized spacial score (nSPS) is 10.7. The van der Waals surface area contributed by atoms with E-state index in [9.17, 15) is 9.90 Å². The fourth-order valence-electron chi connectivity index (χ4n) is 1.89. The lowest BCUT2D eigenvalue weighted by Gasteiger charge is -2.06. The molecule has 2 aromatic carbocycles. The quantitative estimate of drug-likeness (QED) is 0.600. The highest BCUT2D eigenvalue weighted by Crippen LogP contribution is 2.26. The first-order valence-electron chi connectivity index (χ1n) is 7.10. The van der Waals surface area contributed by atoms with E-state index < -0.39 is 0 Å². The molecule has 0 saturated carbocycles. The maximum atomic E-state index is 11.8. The number of hydrogen-bond acceptors (Lipinski definition) is 4. The van der Waals surface area contributed by atoms with E-state index >= 15 is 0 Å². The van der Waals surface area contributed by atoms with E-state index in [1.807, 2.05) is 31.2 Å². The highest BCUT2D eigenvalue weighted by atomic mass is 79.9. The van der Waals surface area contributed by atoms with Gasteiger partial charge in [0, 0.05) is 4.47 Å². The first-order valence-corrected chi connectivity index (χ1v) is 7.90. The van der Waals surface area contributed by atoms with Crippen LogP contribution in [0.2, 0.25) is 0 Å². The average molecular weight is 377 g/mol. The average Bonchev–Trinajstić information content (AvgIpc) is 2.53. The van der Waals surface area contributed by atoms with Crippen LogP contribution in [0.4, 0.5) is 0 Å². The number of phenolic OH excluding ortho intramolecular Hbond substituents is 1. The van der Waals surface area contributed by atoms with E-state index in [0.717, 1.165) is 15.6 Å². The van der Waals surface area contributed by atoms with Crippen LogP contribution in [0.3, 0.4) is 0 Å². The zero-order valence-electron chi connectivity index (χ0n) is 12.6. The maximum absolute atomic E-state index is 11.8. The lowest BCUT2D eigenvalue weighted by atomic mass is 10.1. The van der Waals surface area contributed by atoms with Crippen LogP contribution in [0.25, 0.3) is 0 Å². The Hall–Kier alpha value is -2.34. The summed E-state index contributed by atoms with van der Waals surface area (Å²) in [7, 11) is 0. The topological polar surface area (TPSA) is 70.9 Å². The molecule has 0 unspecified atom stereocenters. The van der Waals surface area contributed by atoms with Gasteiger partial charge in [-0.3, -0.25) is 4.79 Å². The third-order valence-electron chi connectivity index (χ3n) is 2.96. The van der Waals surface area contributed by atoms with Crippen LogP contribution in [-0.4, -0.2) is 23.8 Å². The van der Waals surface area contributed by atoms with Crippen molar-refractivity contribution >= 4 is 28.1 Å². The molecule has 23 heavy (non-hydrogen) atoms. The van der Waals surface area contributed by atoms with Crippen LogP contribution in [0, 0.1) is 0 Å². The van der Waals surface area contributed by atoms with Gasteiger partial charge in [0.25, 0.3) is 0 Å². The van der Waals surface area contributed by atoms with Crippen molar-refractivity contribution in [1.29, 1.82) is 0 Å². The molecule has 0 aliphatic carbocycles. The molecule has 2 aromatic rings. The number of ether oxygens (including phenoxy) is 1. The van der Waals surface area contributed by atoms with Crippen molar-refractivity contribution in [1.82, 2.24) is 5.43 Å². The minimum Gasteiger partial charge on any atom is -0.504 e. The molecule has 0 bridgehead atoms. The molecule has 0 spiro atoms. The number of benzene rings is 2. The standard InChI is InChI=1S/C17H17BrN2O3/c1-2-23-16-9-13(5-8-15(16)21)11-19-20-17(22)10-12-3-6-14(18)7-4-12/h3-9,11,21H,2,10H2,1H3,(H,20,22)/b19-11-. The monoisotopic (exact) mass is 376 g/mol. The number of carbonyl (C=O) groups excluding carboxylic acids is 1. The molecule has 0 saturated heterocycles. The Labute approximate surface area is 143 Å². The SMILES string of the molecule is CCOc1cc(/C=N\NC(=O)Cc2ccc(Br)cc2)ccc1O. The van der Waals surface area contributed by atoms with Gasteiger partial charge in [-0.1, -0.05) is 28.1 Å². The van der Waals surface area contributed by atoms with Crippen LogP contribution in [0.5, 0.6) is 11.5 Å². The molecule has 5 nitrogen and oxygen atoms in total. The van der Waals surface area contributed by atoms with E-state index in [2.05, 4.69) is 26.5 Å². The van der Waals surface area contributed by atoms with Crippen molar-refractivity contribution in [3.63, 3.8) is 0 Å². The lowest BCUT2D eigenvalue weighted by molar-refractivity contribution is -0.120. The summed E-state index contributed by atoms with van der Waals surface area (Å²) in [6, 6.07) is 12.4. The molecule has 0 heterocycles. The van der Waals surface area contributed by atoms with Crippen LogP contribution < -0.4 is 10.2 Å². The van der Waals surface area contributed by atoms with E-state index in [1.54, 1.807) is 12.1 Å². The largest absolute Gasteiger partial charge is 0.504 e. The molecule has 0 atom stereocenters. The van der Waals surface area contributed by atoms with E-state index in [0.29, 0.717) is 12.4 Å². The Morgan fingerprint density at radius 2 is 2.04 bits per heavy atom. The molecule has 0 fully saturated rings. The van der Waals surface area contributed by atoms with Gasteiger partial charge in [-0.15, -0.1) is 0 Å². The van der Waals surface area contributed by atoms with Crippen LogP contribution in [0.15, 0.2) is 52.0 Å². The van der Waals surface area contributed by atoms with Gasteiger partial charge in [-0.25, -0.2) is 5.43 Å². The van der Waals surface area contributed by atoms with Gasteiger partial charge in [-0.05, 0) is 48.4 Å². The Balaban J connectivity index is 1.91. The van der Waals surface area contributed by atoms with Crippen molar-refractivity contribution < 1.29 is 14.6 Å². The summed E-state index contributed by atoms with van der Waals surface area (Å²) in [6.45, 7) is 2.29. The molecular formula is C17H17BrN2O3. The number of hydrazone groups is 1. The van der Waals surface area contributed by atoms with Gasteiger partial charge < -0.3 is 9.84 Å². The van der Waals surface area contributed by atoms with Crippen molar-refractivity contribution in [2.75, 3.05) is 6.61 Å². The number of halogens is 1. The lowest BCUT2D eigenvalue weighted by Crippen LogP contribution is -2.19. The molecule has 1 amide bonds. The predicted octanol–water partition coefficient (Wildman–Crippen LogP) is 3.25. The fraction of sp³-hybridized carbons (Fsp3) is 0.176. The highest BCUT2D eigenvalue weighted by molar-refractivity contribution is 9.10. The predicted molar refractivity (Wildman–Crippen MR) is 92.9 cm³/mol. The van der Waals surface area contributed by atoms with E-state index in [-0.39, 0.29) is 18.1 Å². The Kier molecular flexibility index (Phi) is 6.17. The zero-order valence-corrected chi connectivity index (χ0v) is 14.2. The number of rotatable bonds is 6. The first kappa shape index (κ1) is 17.0. The van der Waals surface area contributed by atoms with E-state index in [1.165, 1.54) is 12.3 Å². The fourth-order valence-corrected chi connectivity index (χ4v) is 2.15. The highest BCUT2D eigenvalue weighted by Gasteiger charge is 2.03. The molecule has 120 valence electrons. The Morgan fingerprint density at radius 1 is 1.30 bits per heavy atom. The second kappa shape index (κ2) is 8.33. The van der Waals surface area contributed by atoms with Gasteiger partial charge in [-0.2, -0.15) is 5.10 Å². The molecule has 0 aliphatic heterocycles.